The Morgan fingerprint density at radius 2 is 1.88 bits per heavy atom. The Balaban J connectivity index is 1.85. The lowest BCUT2D eigenvalue weighted by molar-refractivity contribution is -0.206. The molecule has 8 nitrogen and oxygen atoms in total. The van der Waals surface area contributed by atoms with Crippen LogP contribution in [0.5, 0.6) is 0 Å². The number of fused-ring (bicyclic) bond motifs is 1. The van der Waals surface area contributed by atoms with Crippen LogP contribution in [0.25, 0.3) is 16.6 Å². The van der Waals surface area contributed by atoms with Gasteiger partial charge in [0, 0.05) is 29.5 Å². The first kappa shape index (κ1) is 30.4. The molecule has 0 bridgehead atoms. The molecule has 0 aliphatic rings. The number of hydrogen-bond acceptors (Lipinski definition) is 7. The number of nitrogens with zero attached hydrogens (tertiary/aromatic N) is 6. The van der Waals surface area contributed by atoms with E-state index in [4.69, 9.17) is 11.6 Å². The van der Waals surface area contributed by atoms with Gasteiger partial charge in [-0.2, -0.15) is 23.7 Å². The summed E-state index contributed by atoms with van der Waals surface area (Å²) in [6, 6.07) is 12.3. The van der Waals surface area contributed by atoms with Crippen LogP contribution in [0.15, 0.2) is 49.3 Å². The van der Waals surface area contributed by atoms with Gasteiger partial charge >= 0.3 is 6.18 Å². The number of nitriles is 2. The first-order valence-corrected chi connectivity index (χ1v) is 13.4. The van der Waals surface area contributed by atoms with Crippen LogP contribution in [0, 0.1) is 35.0 Å². The van der Waals surface area contributed by atoms with Gasteiger partial charge in [0.15, 0.2) is 0 Å². The highest BCUT2D eigenvalue weighted by Gasteiger charge is 2.47. The smallest absolute Gasteiger partial charge is 0.382 e. The van der Waals surface area contributed by atoms with Crippen molar-refractivity contribution in [3.63, 3.8) is 0 Å². The molecule has 0 spiro atoms. The largest absolute Gasteiger partial charge is 0.395 e. The summed E-state index contributed by atoms with van der Waals surface area (Å²) < 4.78 is 42.4. The quantitative estimate of drug-likeness (QED) is 0.205. The highest BCUT2D eigenvalue weighted by molar-refractivity contribution is 6.35. The molecule has 2 aromatic carbocycles. The predicted octanol–water partition coefficient (Wildman–Crippen LogP) is 7.61. The van der Waals surface area contributed by atoms with Gasteiger partial charge in [-0.25, -0.2) is 4.68 Å². The second-order valence-electron chi connectivity index (χ2n) is 10.5. The lowest BCUT2D eigenvalue weighted by Crippen LogP contribution is -2.38. The minimum Gasteiger partial charge on any atom is -0.382 e. The molecule has 0 aliphatic carbocycles. The lowest BCUT2D eigenvalue weighted by atomic mass is 9.92. The lowest BCUT2D eigenvalue weighted by Gasteiger charge is -2.28. The van der Waals surface area contributed by atoms with Gasteiger partial charge in [0.2, 0.25) is 0 Å². The summed E-state index contributed by atoms with van der Waals surface area (Å²) >= 11 is 6.63. The minimum absolute atomic E-state index is 0.0730. The fourth-order valence-corrected chi connectivity index (χ4v) is 4.59. The predicted molar refractivity (Wildman–Crippen MR) is 157 cm³/mol. The molecule has 42 heavy (non-hydrogen) atoms. The topological polar surface area (TPSA) is 115 Å². The number of anilines is 2. The number of halogens is 4. The first-order valence-electron chi connectivity index (χ1n) is 13.0. The van der Waals surface area contributed by atoms with Crippen LogP contribution in [0.2, 0.25) is 5.02 Å². The maximum absolute atomic E-state index is 13.6. The zero-order chi connectivity index (χ0) is 30.8. The van der Waals surface area contributed by atoms with Crippen molar-refractivity contribution in [1.29, 1.82) is 10.5 Å². The molecule has 0 aliphatic heterocycles. The van der Waals surface area contributed by atoms with Crippen molar-refractivity contribution in [2.75, 3.05) is 17.2 Å². The number of benzene rings is 2. The number of aromatic nitrogens is 4. The highest BCUT2D eigenvalue weighted by atomic mass is 35.5. The van der Waals surface area contributed by atoms with Crippen LogP contribution < -0.4 is 10.6 Å². The Hall–Kier alpha value is -4.61. The van der Waals surface area contributed by atoms with E-state index in [9.17, 15) is 23.7 Å². The second kappa shape index (κ2) is 11.7. The average Bonchev–Trinajstić information content (AvgIpc) is 3.44. The first-order chi connectivity index (χ1) is 19.8. The van der Waals surface area contributed by atoms with Crippen molar-refractivity contribution >= 4 is 39.6 Å². The van der Waals surface area contributed by atoms with Gasteiger partial charge in [0.1, 0.15) is 11.8 Å². The summed E-state index contributed by atoms with van der Waals surface area (Å²) in [6.07, 6.45) is -0.794. The summed E-state index contributed by atoms with van der Waals surface area (Å²) in [5.41, 5.74) is 2.24. The minimum atomic E-state index is -4.47. The normalized spacial score (nSPS) is 12.4. The Morgan fingerprint density at radius 1 is 1.17 bits per heavy atom. The molecule has 2 heterocycles. The van der Waals surface area contributed by atoms with Crippen LogP contribution in [-0.2, 0) is 0 Å². The number of rotatable bonds is 9. The van der Waals surface area contributed by atoms with E-state index in [2.05, 4.69) is 38.6 Å². The van der Waals surface area contributed by atoms with E-state index in [0.717, 1.165) is 30.7 Å². The molecule has 2 aromatic heterocycles. The number of pyridine rings is 1. The fraction of sp³-hybridized carbons (Fsp3) is 0.300. The summed E-state index contributed by atoms with van der Waals surface area (Å²) in [4.78, 5) is 4.30. The second-order valence-corrected chi connectivity index (χ2v) is 10.9. The van der Waals surface area contributed by atoms with Gasteiger partial charge in [0.05, 0.1) is 51.1 Å². The molecule has 4 aromatic rings. The van der Waals surface area contributed by atoms with E-state index in [1.54, 1.807) is 35.1 Å². The molecule has 0 amide bonds. The van der Waals surface area contributed by atoms with Crippen LogP contribution in [0.4, 0.5) is 24.5 Å². The van der Waals surface area contributed by atoms with Gasteiger partial charge in [-0.3, -0.25) is 4.98 Å². The zero-order valence-electron chi connectivity index (χ0n) is 23.4. The zero-order valence-corrected chi connectivity index (χ0v) is 24.2. The average molecular weight is 593 g/mol. The molecular weight excluding hydrogens is 565 g/mol. The Bertz CT molecular complexity index is 1740. The maximum atomic E-state index is 13.6. The molecule has 0 unspecified atom stereocenters. The van der Waals surface area contributed by atoms with Crippen molar-refractivity contribution in [2.45, 2.75) is 46.3 Å². The van der Waals surface area contributed by atoms with Crippen LogP contribution in [0.3, 0.4) is 0 Å². The van der Waals surface area contributed by atoms with Crippen molar-refractivity contribution in [2.24, 2.45) is 5.41 Å². The summed E-state index contributed by atoms with van der Waals surface area (Å²) in [6.45, 7) is 9.47. The van der Waals surface area contributed by atoms with E-state index >= 15 is 0 Å². The molecule has 0 saturated carbocycles. The maximum Gasteiger partial charge on any atom is 0.395 e. The molecule has 0 fully saturated rings. The highest BCUT2D eigenvalue weighted by Crippen LogP contribution is 2.40. The Labute approximate surface area is 246 Å². The summed E-state index contributed by atoms with van der Waals surface area (Å²) in [5, 5.41) is 34.8. The van der Waals surface area contributed by atoms with Crippen molar-refractivity contribution in [3.8, 4) is 12.1 Å². The van der Waals surface area contributed by atoms with Crippen molar-refractivity contribution in [1.82, 2.24) is 20.0 Å². The van der Waals surface area contributed by atoms with Crippen molar-refractivity contribution < 1.29 is 13.2 Å². The summed E-state index contributed by atoms with van der Waals surface area (Å²) in [5.74, 6) is 0. The Morgan fingerprint density at radius 3 is 2.52 bits per heavy atom. The molecule has 216 valence electrons. The molecular formula is C30H28ClF3N8. The number of nitrogens with one attached hydrogen (secondary N) is 2. The van der Waals surface area contributed by atoms with E-state index < -0.39 is 24.2 Å². The molecule has 2 N–H and O–H groups in total. The monoisotopic (exact) mass is 592 g/mol. The molecule has 4 rings (SSSR count). The third-order valence-corrected chi connectivity index (χ3v) is 7.47. The van der Waals surface area contributed by atoms with Crippen LogP contribution in [-0.4, -0.2) is 32.7 Å². The van der Waals surface area contributed by atoms with Gasteiger partial charge in [-0.15, -0.1) is 5.10 Å². The molecule has 0 radical (unpaired) electrons. The van der Waals surface area contributed by atoms with Crippen molar-refractivity contribution in [3.05, 3.63) is 82.3 Å². The van der Waals surface area contributed by atoms with E-state index in [-0.39, 0.29) is 16.3 Å². The number of allylic oxidation sites excluding steroid dienone is 1. The number of hydrogen-bond donors (Lipinski definition) is 2. The SMILES string of the molecule is C=C(CC)n1cc([C@@H](Nc2cc(Cl)c3ncc(C#N)c(NCC(C)(C)C(F)(F)F)c3c2)c2cccc(C#N)c2C)nn1. The van der Waals surface area contributed by atoms with Gasteiger partial charge in [0.25, 0.3) is 0 Å². The van der Waals surface area contributed by atoms with E-state index in [1.807, 2.05) is 26.0 Å². The van der Waals surface area contributed by atoms with Gasteiger partial charge in [-0.1, -0.05) is 42.4 Å². The van der Waals surface area contributed by atoms with Gasteiger partial charge < -0.3 is 10.6 Å². The third-order valence-electron chi connectivity index (χ3n) is 7.18. The third kappa shape index (κ3) is 5.88. The van der Waals surface area contributed by atoms with E-state index in [1.165, 1.54) is 6.20 Å². The standard InChI is InChI=1S/C30H28ClF3N8/c1-6-17(2)42-15-25(40-41-42)28(22-9-7-8-19(12-35)18(22)3)39-21-10-23-26(38-16-29(4,5)30(32,33)34)20(13-36)14-37-27(23)24(31)11-21/h7-11,14-15,28,39H,2,6,16H2,1,3-5H3,(H,37,38)/t28-/m0/s1. The molecule has 0 saturated heterocycles. The molecule has 1 atom stereocenters. The fourth-order valence-electron chi connectivity index (χ4n) is 4.32. The van der Waals surface area contributed by atoms with E-state index in [0.29, 0.717) is 34.3 Å². The van der Waals surface area contributed by atoms with Crippen LogP contribution in [0.1, 0.15) is 61.2 Å². The Kier molecular flexibility index (Phi) is 8.46. The number of alkyl halides is 3. The van der Waals surface area contributed by atoms with Gasteiger partial charge in [-0.05, 0) is 56.5 Å². The molecule has 12 heteroatoms. The van der Waals surface area contributed by atoms with Crippen LogP contribution >= 0.6 is 11.6 Å². The summed E-state index contributed by atoms with van der Waals surface area (Å²) in [7, 11) is 0.